The first-order chi connectivity index (χ1) is 8.31. The lowest BCUT2D eigenvalue weighted by Gasteiger charge is -2.20. The molecule has 4 nitrogen and oxygen atoms in total. The highest BCUT2D eigenvalue weighted by atomic mass is 16.2. The summed E-state index contributed by atoms with van der Waals surface area (Å²) in [5.41, 5.74) is 0.450. The van der Waals surface area contributed by atoms with Crippen molar-refractivity contribution in [2.24, 2.45) is 0 Å². The summed E-state index contributed by atoms with van der Waals surface area (Å²) in [6.07, 6.45) is 4.90. The number of Topliss-reactive ketones (excluding diaryl/α,β-unsaturated/α-hetero) is 1. The van der Waals surface area contributed by atoms with Crippen LogP contribution < -0.4 is 5.32 Å². The van der Waals surface area contributed by atoms with Gasteiger partial charge in [-0.1, -0.05) is 6.92 Å². The van der Waals surface area contributed by atoms with Crippen molar-refractivity contribution in [3.8, 4) is 0 Å². The summed E-state index contributed by atoms with van der Waals surface area (Å²) in [6, 6.07) is 1.77. The molecule has 0 saturated carbocycles. The van der Waals surface area contributed by atoms with Gasteiger partial charge in [-0.15, -0.1) is 0 Å². The van der Waals surface area contributed by atoms with Gasteiger partial charge in [-0.25, -0.2) is 0 Å². The number of ketones is 1. The molecule has 0 fully saturated rings. The molecular formula is C14H22N2O2. The van der Waals surface area contributed by atoms with Gasteiger partial charge >= 0.3 is 0 Å². The van der Waals surface area contributed by atoms with Crippen LogP contribution in [0.4, 0.5) is 0 Å². The number of rotatable bonds is 5. The van der Waals surface area contributed by atoms with E-state index in [0.29, 0.717) is 12.0 Å². The van der Waals surface area contributed by atoms with Crippen LogP contribution in [0.2, 0.25) is 0 Å². The second-order valence-electron chi connectivity index (χ2n) is 5.54. The third-order valence-corrected chi connectivity index (χ3v) is 2.39. The smallest absolute Gasteiger partial charge is 0.240 e. The summed E-state index contributed by atoms with van der Waals surface area (Å²) in [6.45, 7) is 8.05. The third-order valence-electron chi connectivity index (χ3n) is 2.39. The molecule has 0 unspecified atom stereocenters. The van der Waals surface area contributed by atoms with Gasteiger partial charge in [-0.05, 0) is 33.3 Å². The standard InChI is InChI=1S/C14H22N2O2/c1-5-6-12(17)11-7-8-16(9-11)10-13(18)15-14(2,3)4/h7-9H,5-6,10H2,1-4H3,(H,15,18). The molecule has 0 aliphatic heterocycles. The predicted octanol–water partition coefficient (Wildman–Crippen LogP) is 2.39. The van der Waals surface area contributed by atoms with E-state index in [9.17, 15) is 9.59 Å². The number of hydrogen-bond donors (Lipinski definition) is 1. The molecule has 0 radical (unpaired) electrons. The van der Waals surface area contributed by atoms with Crippen LogP contribution in [0.25, 0.3) is 0 Å². The molecule has 1 N–H and O–H groups in total. The minimum atomic E-state index is -0.231. The van der Waals surface area contributed by atoms with Gasteiger partial charge in [-0.2, -0.15) is 0 Å². The molecule has 0 aromatic carbocycles. The SMILES string of the molecule is CCCC(=O)c1ccn(CC(=O)NC(C)(C)C)c1. The fraction of sp³-hybridized carbons (Fsp3) is 0.571. The molecule has 4 heteroatoms. The Bertz CT molecular complexity index is 427. The Kier molecular flexibility index (Phi) is 4.70. The quantitative estimate of drug-likeness (QED) is 0.816. The first-order valence-corrected chi connectivity index (χ1v) is 6.32. The first kappa shape index (κ1) is 14.5. The Hall–Kier alpha value is -1.58. The van der Waals surface area contributed by atoms with E-state index in [0.717, 1.165) is 6.42 Å². The maximum absolute atomic E-state index is 11.7. The van der Waals surface area contributed by atoms with E-state index in [1.807, 2.05) is 27.7 Å². The maximum Gasteiger partial charge on any atom is 0.240 e. The highest BCUT2D eigenvalue weighted by Crippen LogP contribution is 2.07. The Morgan fingerprint density at radius 1 is 1.33 bits per heavy atom. The zero-order valence-electron chi connectivity index (χ0n) is 11.6. The molecule has 18 heavy (non-hydrogen) atoms. The first-order valence-electron chi connectivity index (χ1n) is 6.32. The molecule has 0 bridgehead atoms. The van der Waals surface area contributed by atoms with Crippen LogP contribution in [-0.4, -0.2) is 21.8 Å². The second kappa shape index (κ2) is 5.85. The Morgan fingerprint density at radius 2 is 2.00 bits per heavy atom. The molecule has 0 saturated heterocycles. The van der Waals surface area contributed by atoms with Crippen LogP contribution in [0.1, 0.15) is 50.9 Å². The van der Waals surface area contributed by atoms with E-state index < -0.39 is 0 Å². The number of carbonyl (C=O) groups is 2. The molecule has 1 heterocycles. The lowest BCUT2D eigenvalue weighted by atomic mass is 10.1. The van der Waals surface area contributed by atoms with E-state index in [1.165, 1.54) is 0 Å². The summed E-state index contributed by atoms with van der Waals surface area (Å²) in [7, 11) is 0. The van der Waals surface area contributed by atoms with Gasteiger partial charge in [0, 0.05) is 29.9 Å². The zero-order valence-corrected chi connectivity index (χ0v) is 11.6. The van der Waals surface area contributed by atoms with Gasteiger partial charge in [0.05, 0.1) is 0 Å². The number of nitrogens with one attached hydrogen (secondary N) is 1. The van der Waals surface area contributed by atoms with E-state index in [1.54, 1.807) is 23.0 Å². The summed E-state index contributed by atoms with van der Waals surface area (Å²) < 4.78 is 1.74. The van der Waals surface area contributed by atoms with Crippen LogP contribution >= 0.6 is 0 Å². The van der Waals surface area contributed by atoms with E-state index in [-0.39, 0.29) is 23.8 Å². The lowest BCUT2D eigenvalue weighted by Crippen LogP contribution is -2.42. The van der Waals surface area contributed by atoms with Crippen LogP contribution in [0.3, 0.4) is 0 Å². The average molecular weight is 250 g/mol. The van der Waals surface area contributed by atoms with Gasteiger partial charge < -0.3 is 9.88 Å². The Balaban J connectivity index is 2.59. The molecule has 0 aliphatic carbocycles. The maximum atomic E-state index is 11.7. The van der Waals surface area contributed by atoms with Gasteiger partial charge in [0.2, 0.25) is 5.91 Å². The van der Waals surface area contributed by atoms with Gasteiger partial charge in [0.25, 0.3) is 0 Å². The number of amides is 1. The Labute approximate surface area is 108 Å². The second-order valence-corrected chi connectivity index (χ2v) is 5.54. The third kappa shape index (κ3) is 4.73. The summed E-state index contributed by atoms with van der Waals surface area (Å²) >= 11 is 0. The fourth-order valence-electron chi connectivity index (χ4n) is 1.70. The Morgan fingerprint density at radius 3 is 2.56 bits per heavy atom. The van der Waals surface area contributed by atoms with Crippen molar-refractivity contribution in [1.29, 1.82) is 0 Å². The van der Waals surface area contributed by atoms with E-state index in [2.05, 4.69) is 5.32 Å². The van der Waals surface area contributed by atoms with Crippen LogP contribution in [0, 0.1) is 0 Å². The minimum absolute atomic E-state index is 0.0485. The van der Waals surface area contributed by atoms with Crippen molar-refractivity contribution in [2.45, 2.75) is 52.6 Å². The molecular weight excluding hydrogens is 228 g/mol. The van der Waals surface area contributed by atoms with Crippen molar-refractivity contribution >= 4 is 11.7 Å². The summed E-state index contributed by atoms with van der Waals surface area (Å²) in [4.78, 5) is 23.4. The normalized spacial score (nSPS) is 11.3. The molecule has 1 aromatic rings. The average Bonchev–Trinajstić information content (AvgIpc) is 2.63. The van der Waals surface area contributed by atoms with Gasteiger partial charge in [-0.3, -0.25) is 9.59 Å². The lowest BCUT2D eigenvalue weighted by molar-refractivity contribution is -0.123. The van der Waals surface area contributed by atoms with Crippen LogP contribution in [0.5, 0.6) is 0 Å². The molecule has 1 aromatic heterocycles. The van der Waals surface area contributed by atoms with Crippen molar-refractivity contribution < 1.29 is 9.59 Å². The number of nitrogens with zero attached hydrogens (tertiary/aromatic N) is 1. The number of aromatic nitrogens is 1. The highest BCUT2D eigenvalue weighted by molar-refractivity contribution is 5.95. The molecule has 0 spiro atoms. The molecule has 0 atom stereocenters. The van der Waals surface area contributed by atoms with Crippen LogP contribution in [0.15, 0.2) is 18.5 Å². The molecule has 1 rings (SSSR count). The van der Waals surface area contributed by atoms with Crippen LogP contribution in [-0.2, 0) is 11.3 Å². The van der Waals surface area contributed by atoms with Crippen molar-refractivity contribution in [3.05, 3.63) is 24.0 Å². The van der Waals surface area contributed by atoms with Gasteiger partial charge in [0.15, 0.2) is 5.78 Å². The predicted molar refractivity (Wildman–Crippen MR) is 71.6 cm³/mol. The highest BCUT2D eigenvalue weighted by Gasteiger charge is 2.14. The minimum Gasteiger partial charge on any atom is -0.350 e. The van der Waals surface area contributed by atoms with Crippen molar-refractivity contribution in [1.82, 2.24) is 9.88 Å². The topological polar surface area (TPSA) is 51.1 Å². The largest absolute Gasteiger partial charge is 0.350 e. The molecule has 0 aliphatic rings. The summed E-state index contributed by atoms with van der Waals surface area (Å²) in [5, 5.41) is 2.89. The monoisotopic (exact) mass is 250 g/mol. The van der Waals surface area contributed by atoms with Gasteiger partial charge in [0.1, 0.15) is 6.54 Å². The van der Waals surface area contributed by atoms with E-state index >= 15 is 0 Å². The zero-order chi connectivity index (χ0) is 13.8. The number of hydrogen-bond acceptors (Lipinski definition) is 2. The number of carbonyl (C=O) groups excluding carboxylic acids is 2. The van der Waals surface area contributed by atoms with Crippen molar-refractivity contribution in [3.63, 3.8) is 0 Å². The van der Waals surface area contributed by atoms with E-state index in [4.69, 9.17) is 0 Å². The summed E-state index contributed by atoms with van der Waals surface area (Å²) in [5.74, 6) is 0.0834. The fourth-order valence-corrected chi connectivity index (χ4v) is 1.70. The molecule has 100 valence electrons. The van der Waals surface area contributed by atoms with Crippen molar-refractivity contribution in [2.75, 3.05) is 0 Å². The molecule has 1 amide bonds.